The second kappa shape index (κ2) is 13.7. The smallest absolute Gasteiger partial charge is 0.301 e. The average molecular weight is 652 g/mol. The number of ether oxygens (including phenoxy) is 4. The number of nitrogens with zero attached hydrogens (tertiary/aromatic N) is 8. The second-order valence-electron chi connectivity index (χ2n) is 10.0. The molecule has 0 aromatic carbocycles. The summed E-state index contributed by atoms with van der Waals surface area (Å²) in [5.41, 5.74) is 14.0. The molecule has 0 amide bonds. The number of aromatic nitrogens is 8. The van der Waals surface area contributed by atoms with Crippen molar-refractivity contribution in [2.75, 3.05) is 44.7 Å². The molecule has 2 aliphatic heterocycles. The lowest BCUT2D eigenvalue weighted by Gasteiger charge is -2.26. The normalized spacial score (nSPS) is 27.0. The predicted molar refractivity (Wildman–Crippen MR) is 159 cm³/mol. The maximum atomic E-state index is 12.6. The second-order valence-corrected chi connectivity index (χ2v) is 13.0. The van der Waals surface area contributed by atoms with E-state index in [0.29, 0.717) is 40.9 Å². The third-order valence-corrected chi connectivity index (χ3v) is 10.2. The number of rotatable bonds is 13. The highest BCUT2D eigenvalue weighted by atomic mass is 32.2. The van der Waals surface area contributed by atoms with Crippen molar-refractivity contribution < 1.29 is 32.5 Å². The minimum atomic E-state index is -1.85. The summed E-state index contributed by atoms with van der Waals surface area (Å²) in [6.45, 7) is 2.16. The van der Waals surface area contributed by atoms with Crippen LogP contribution in [0.1, 0.15) is 32.2 Å². The van der Waals surface area contributed by atoms with Crippen molar-refractivity contribution in [1.29, 1.82) is 0 Å². The van der Waals surface area contributed by atoms with Crippen LogP contribution in [0.3, 0.4) is 0 Å². The fraction of sp³-hybridized carbons (Fsp3) is 0.583. The van der Waals surface area contributed by atoms with E-state index in [4.69, 9.17) is 39.5 Å². The molecule has 0 aliphatic carbocycles. The average Bonchev–Trinajstić information content (AvgIpc) is 3.81. The molecular weight excluding hydrogens is 617 g/mol. The Morgan fingerprint density at radius 2 is 1.48 bits per heavy atom. The number of nitrogens with one attached hydrogen (secondary N) is 1. The van der Waals surface area contributed by atoms with Crippen molar-refractivity contribution in [3.63, 3.8) is 0 Å². The summed E-state index contributed by atoms with van der Waals surface area (Å²) in [6, 6.07) is 0. The van der Waals surface area contributed by atoms with E-state index in [0.717, 1.165) is 0 Å². The molecular formula is C24H34N11O7PS. The molecule has 4 aromatic heterocycles. The first-order valence-corrected chi connectivity index (χ1v) is 16.3. The molecule has 5 N–H and O–H groups in total. The Balaban J connectivity index is 1.15. The standard InChI is InChI=1S/C24H34N11O7PS/c1-4-44(36)33-43(39-8-16-13(38-3)5-17(41-16)34-11-31-19-21(25)27-9-29-23(19)34)42-14-6-18(40-15(14)7-37-2)35-12-32-20-22(26)28-10-30-24(20)35/h9-18,33H,4-8H2,1-3H3,(H2,25,27,29)(H2,26,28,30). The Kier molecular flexibility index (Phi) is 9.67. The number of imidazole rings is 2. The first-order chi connectivity index (χ1) is 21.4. The van der Waals surface area contributed by atoms with Gasteiger partial charge in [0.2, 0.25) is 0 Å². The number of nitrogen functional groups attached to an aromatic ring is 2. The van der Waals surface area contributed by atoms with Crippen LogP contribution in [-0.2, 0) is 39.4 Å². The topological polar surface area (TPSA) is 230 Å². The quantitative estimate of drug-likeness (QED) is 0.135. The van der Waals surface area contributed by atoms with E-state index < -0.39 is 50.7 Å². The SMILES string of the molecule is CC[S+]([O-])NP(OCC1OC(n2cnc3c(N)ncnc32)CC1OC)OC1CC(n2cnc3c(N)ncnc32)OC1COC. The monoisotopic (exact) mass is 651 g/mol. The van der Waals surface area contributed by atoms with Gasteiger partial charge in [-0.25, -0.2) is 29.9 Å². The van der Waals surface area contributed by atoms with Crippen LogP contribution >= 0.6 is 8.53 Å². The van der Waals surface area contributed by atoms with Crippen molar-refractivity contribution in [3.8, 4) is 0 Å². The van der Waals surface area contributed by atoms with Crippen LogP contribution in [0.2, 0.25) is 0 Å². The molecule has 8 atom stereocenters. The van der Waals surface area contributed by atoms with Gasteiger partial charge in [-0.2, -0.15) is 0 Å². The van der Waals surface area contributed by atoms with Crippen molar-refractivity contribution in [1.82, 2.24) is 43.5 Å². The molecule has 2 aliphatic rings. The minimum Gasteiger partial charge on any atom is -0.598 e. The third kappa shape index (κ3) is 6.30. The molecule has 238 valence electrons. The lowest BCUT2D eigenvalue weighted by Crippen LogP contribution is -2.33. The summed E-state index contributed by atoms with van der Waals surface area (Å²) < 4.78 is 55.5. The molecule has 44 heavy (non-hydrogen) atoms. The summed E-state index contributed by atoms with van der Waals surface area (Å²) in [7, 11) is 1.35. The van der Waals surface area contributed by atoms with Gasteiger partial charge >= 0.3 is 8.53 Å². The van der Waals surface area contributed by atoms with Gasteiger partial charge in [0.05, 0.1) is 38.1 Å². The van der Waals surface area contributed by atoms with Gasteiger partial charge in [0.1, 0.15) is 54.1 Å². The number of fused-ring (bicyclic) bond motifs is 2. The van der Waals surface area contributed by atoms with Crippen molar-refractivity contribution in [2.45, 2.75) is 56.6 Å². The van der Waals surface area contributed by atoms with Gasteiger partial charge in [-0.3, -0.25) is 9.13 Å². The number of anilines is 2. The predicted octanol–water partition coefficient (Wildman–Crippen LogP) is 0.969. The molecule has 0 bridgehead atoms. The van der Waals surface area contributed by atoms with Crippen molar-refractivity contribution >= 4 is 53.9 Å². The van der Waals surface area contributed by atoms with E-state index in [1.165, 1.54) is 12.7 Å². The van der Waals surface area contributed by atoms with Crippen LogP contribution in [0.25, 0.3) is 22.3 Å². The van der Waals surface area contributed by atoms with Gasteiger partial charge in [-0.15, -0.1) is 0 Å². The Morgan fingerprint density at radius 1 is 0.909 bits per heavy atom. The summed E-state index contributed by atoms with van der Waals surface area (Å²) in [4.78, 5) is 25.3. The van der Waals surface area contributed by atoms with Crippen LogP contribution in [0, 0.1) is 0 Å². The zero-order chi connectivity index (χ0) is 30.8. The van der Waals surface area contributed by atoms with E-state index in [-0.39, 0.29) is 31.0 Å². The van der Waals surface area contributed by atoms with E-state index in [1.807, 2.05) is 0 Å². The van der Waals surface area contributed by atoms with Gasteiger partial charge in [-0.1, -0.05) is 4.49 Å². The molecule has 6 heterocycles. The first-order valence-electron chi connectivity index (χ1n) is 13.8. The molecule has 20 heteroatoms. The lowest BCUT2D eigenvalue weighted by molar-refractivity contribution is -0.0553. The first kappa shape index (κ1) is 31.2. The highest BCUT2D eigenvalue weighted by molar-refractivity contribution is 7.94. The Labute approximate surface area is 256 Å². The zero-order valence-corrected chi connectivity index (χ0v) is 26.0. The van der Waals surface area contributed by atoms with Gasteiger partial charge in [0.25, 0.3) is 0 Å². The molecule has 18 nitrogen and oxygen atoms in total. The number of hydrogen-bond donors (Lipinski definition) is 3. The van der Waals surface area contributed by atoms with Gasteiger partial charge in [0.15, 0.2) is 22.9 Å². The van der Waals surface area contributed by atoms with Gasteiger partial charge in [-0.05, 0) is 6.92 Å². The minimum absolute atomic E-state index is 0.104. The van der Waals surface area contributed by atoms with E-state index >= 15 is 0 Å². The lowest BCUT2D eigenvalue weighted by atomic mass is 10.2. The van der Waals surface area contributed by atoms with Gasteiger partial charge < -0.3 is 44.0 Å². The maximum Gasteiger partial charge on any atom is 0.301 e. The Hall–Kier alpha value is -2.84. The van der Waals surface area contributed by atoms with Gasteiger partial charge in [0, 0.05) is 38.4 Å². The van der Waals surface area contributed by atoms with Crippen LogP contribution in [0.5, 0.6) is 0 Å². The molecule has 6 rings (SSSR count). The van der Waals surface area contributed by atoms with Crippen LogP contribution in [-0.4, -0.2) is 101 Å². The fourth-order valence-electron chi connectivity index (χ4n) is 5.22. The molecule has 2 saturated heterocycles. The van der Waals surface area contributed by atoms with Crippen molar-refractivity contribution in [3.05, 3.63) is 25.3 Å². The Bertz CT molecular complexity index is 1570. The zero-order valence-electron chi connectivity index (χ0n) is 24.3. The highest BCUT2D eigenvalue weighted by Gasteiger charge is 2.42. The number of methoxy groups -OCH3 is 2. The maximum absolute atomic E-state index is 12.6. The van der Waals surface area contributed by atoms with Crippen LogP contribution in [0.15, 0.2) is 25.3 Å². The van der Waals surface area contributed by atoms with E-state index in [9.17, 15) is 4.55 Å². The third-order valence-electron chi connectivity index (χ3n) is 7.42. The molecule has 2 fully saturated rings. The molecule has 0 spiro atoms. The van der Waals surface area contributed by atoms with Crippen molar-refractivity contribution in [2.24, 2.45) is 0 Å². The molecule has 8 unspecified atom stereocenters. The molecule has 0 radical (unpaired) electrons. The summed E-state index contributed by atoms with van der Waals surface area (Å²) in [5, 5.41) is 0. The molecule has 4 aromatic rings. The summed E-state index contributed by atoms with van der Waals surface area (Å²) in [6.07, 6.45) is 4.38. The molecule has 0 saturated carbocycles. The number of hydrogen-bond acceptors (Lipinski definition) is 16. The fourth-order valence-corrected chi connectivity index (χ4v) is 7.59. The largest absolute Gasteiger partial charge is 0.598 e. The Morgan fingerprint density at radius 3 is 2.02 bits per heavy atom. The highest BCUT2D eigenvalue weighted by Crippen LogP contribution is 2.44. The summed E-state index contributed by atoms with van der Waals surface area (Å²) in [5.74, 6) is 0.928. The van der Waals surface area contributed by atoms with E-state index in [2.05, 4.69) is 34.4 Å². The van der Waals surface area contributed by atoms with Crippen LogP contribution in [0.4, 0.5) is 11.6 Å². The summed E-state index contributed by atoms with van der Waals surface area (Å²) >= 11 is -1.39. The van der Waals surface area contributed by atoms with Crippen LogP contribution < -0.4 is 16.0 Å². The van der Waals surface area contributed by atoms with E-state index in [1.54, 1.807) is 42.9 Å². The number of nitrogens with two attached hydrogens (primary N) is 2.